The number of nitrogen functional groups attached to an aromatic ring is 1. The molecule has 3 aromatic rings. The number of alkyl halides is 2. The average Bonchev–Trinajstić information content (AvgIpc) is 3.61. The Morgan fingerprint density at radius 3 is 2.65 bits per heavy atom. The molecule has 1 aromatic carbocycles. The summed E-state index contributed by atoms with van der Waals surface area (Å²) in [6, 6.07) is 4.68. The van der Waals surface area contributed by atoms with Gasteiger partial charge in [-0.05, 0) is 82.1 Å². The van der Waals surface area contributed by atoms with Crippen LogP contribution in [0.3, 0.4) is 0 Å². The maximum absolute atomic E-state index is 13.4. The van der Waals surface area contributed by atoms with Crippen molar-refractivity contribution in [2.24, 2.45) is 5.92 Å². The Hall–Kier alpha value is -3.80. The fourth-order valence-electron chi connectivity index (χ4n) is 5.90. The Balaban J connectivity index is 1.34. The minimum atomic E-state index is -3.11. The number of carbonyl (C=O) groups excluding carboxylic acids is 2. The molecule has 4 N–H and O–H groups in total. The van der Waals surface area contributed by atoms with Gasteiger partial charge in [0, 0.05) is 30.4 Å². The van der Waals surface area contributed by atoms with E-state index in [1.54, 1.807) is 30.2 Å². The summed E-state index contributed by atoms with van der Waals surface area (Å²) in [6.45, 7) is 0.962. The zero-order valence-electron chi connectivity index (χ0n) is 22.4. The lowest BCUT2D eigenvalue weighted by Gasteiger charge is -2.33. The van der Waals surface area contributed by atoms with Gasteiger partial charge in [0.1, 0.15) is 11.3 Å². The number of carbonyl (C=O) groups is 2. The number of amides is 2. The molecule has 0 radical (unpaired) electrons. The normalized spacial score (nSPS) is 23.5. The van der Waals surface area contributed by atoms with Crippen LogP contribution >= 0.6 is 0 Å². The molecule has 12 heteroatoms. The summed E-state index contributed by atoms with van der Waals surface area (Å²) in [5, 5.41) is 17.4. The summed E-state index contributed by atoms with van der Waals surface area (Å²) < 4.78 is 33.0. The number of aliphatic hydroxyl groups is 1. The van der Waals surface area contributed by atoms with Gasteiger partial charge in [0.15, 0.2) is 11.5 Å². The van der Waals surface area contributed by atoms with E-state index in [0.29, 0.717) is 55.0 Å². The molecule has 40 heavy (non-hydrogen) atoms. The van der Waals surface area contributed by atoms with E-state index in [1.165, 1.54) is 10.6 Å². The summed E-state index contributed by atoms with van der Waals surface area (Å²) in [6.07, 6.45) is 6.10. The zero-order valence-corrected chi connectivity index (χ0v) is 22.4. The number of halogens is 2. The number of ether oxygens (including phenoxy) is 1. The van der Waals surface area contributed by atoms with E-state index in [2.05, 4.69) is 15.4 Å². The van der Waals surface area contributed by atoms with Gasteiger partial charge in [-0.3, -0.25) is 9.59 Å². The summed E-state index contributed by atoms with van der Waals surface area (Å²) in [7, 11) is 0. The highest BCUT2D eigenvalue weighted by atomic mass is 19.3. The maximum atomic E-state index is 13.4. The molecule has 212 valence electrons. The monoisotopic (exact) mass is 554 g/mol. The first-order valence-electron chi connectivity index (χ1n) is 13.6. The summed E-state index contributed by atoms with van der Waals surface area (Å²) in [5.41, 5.74) is 7.30. The highest BCUT2D eigenvalue weighted by molar-refractivity contribution is 6.05. The molecule has 2 amide bonds. The lowest BCUT2D eigenvalue weighted by atomic mass is 9.83. The molecular weight excluding hydrogens is 522 g/mol. The van der Waals surface area contributed by atoms with E-state index in [0.717, 1.165) is 12.8 Å². The first kappa shape index (κ1) is 26.4. The molecule has 2 fully saturated rings. The van der Waals surface area contributed by atoms with Crippen molar-refractivity contribution in [2.75, 3.05) is 5.73 Å². The van der Waals surface area contributed by atoms with E-state index in [9.17, 15) is 23.5 Å². The maximum Gasteiger partial charge on any atom is 0.387 e. The number of fused-ring (bicyclic) bond motifs is 2. The lowest BCUT2D eigenvalue weighted by Crippen LogP contribution is -2.42. The van der Waals surface area contributed by atoms with Gasteiger partial charge in [-0.15, -0.1) is 5.10 Å². The van der Waals surface area contributed by atoms with E-state index in [1.807, 2.05) is 6.92 Å². The van der Waals surface area contributed by atoms with Crippen molar-refractivity contribution >= 4 is 23.3 Å². The molecule has 2 aliphatic carbocycles. The summed E-state index contributed by atoms with van der Waals surface area (Å²) in [5.74, 6) is -0.504. The number of aromatic nitrogens is 3. The third kappa shape index (κ3) is 4.85. The second-order valence-corrected chi connectivity index (χ2v) is 11.5. The van der Waals surface area contributed by atoms with E-state index >= 15 is 0 Å². The van der Waals surface area contributed by atoms with Gasteiger partial charge in [0.05, 0.1) is 16.9 Å². The zero-order chi connectivity index (χ0) is 28.3. The van der Waals surface area contributed by atoms with Crippen LogP contribution in [0.25, 0.3) is 16.9 Å². The molecule has 1 atom stereocenters. The summed E-state index contributed by atoms with van der Waals surface area (Å²) >= 11 is 0. The van der Waals surface area contributed by atoms with Gasteiger partial charge in [-0.2, -0.15) is 8.78 Å². The van der Waals surface area contributed by atoms with Crippen molar-refractivity contribution in [1.82, 2.24) is 24.8 Å². The Labute approximate surface area is 229 Å². The van der Waals surface area contributed by atoms with Crippen LogP contribution < -0.4 is 15.8 Å². The molecule has 0 spiro atoms. The quantitative estimate of drug-likeness (QED) is 0.405. The third-order valence-corrected chi connectivity index (χ3v) is 8.44. The second kappa shape index (κ2) is 9.69. The summed E-state index contributed by atoms with van der Waals surface area (Å²) in [4.78, 5) is 32.8. The topological polar surface area (TPSA) is 135 Å². The fraction of sp³-hybridized carbons (Fsp3) is 0.500. The SMILES string of the molecule is CC(C1CC1)N1Cc2cc(-c3ccn4nc(N)c(C(=O)NC5CCC(C)(O)CC5)c4n3)cc(OC(F)F)c2C1=O. The molecule has 0 bridgehead atoms. The molecule has 1 aliphatic heterocycles. The largest absolute Gasteiger partial charge is 0.434 e. The molecule has 1 unspecified atom stereocenters. The number of anilines is 1. The first-order valence-corrected chi connectivity index (χ1v) is 13.6. The van der Waals surface area contributed by atoms with Gasteiger partial charge in [0.25, 0.3) is 11.8 Å². The van der Waals surface area contributed by atoms with Crippen molar-refractivity contribution in [3.05, 3.63) is 41.1 Å². The van der Waals surface area contributed by atoms with Crippen LogP contribution in [0.1, 0.15) is 78.7 Å². The number of nitrogens with two attached hydrogens (primary N) is 1. The van der Waals surface area contributed by atoms with Crippen molar-refractivity contribution in [2.45, 2.75) is 83.2 Å². The van der Waals surface area contributed by atoms with Crippen LogP contribution in [0, 0.1) is 5.92 Å². The smallest absolute Gasteiger partial charge is 0.387 e. The van der Waals surface area contributed by atoms with Crippen molar-refractivity contribution in [3.8, 4) is 17.0 Å². The molecular formula is C28H32F2N6O4. The molecule has 10 nitrogen and oxygen atoms in total. The van der Waals surface area contributed by atoms with Gasteiger partial charge in [-0.25, -0.2) is 9.50 Å². The van der Waals surface area contributed by atoms with Crippen molar-refractivity contribution < 1.29 is 28.2 Å². The Bertz CT molecular complexity index is 1490. The van der Waals surface area contributed by atoms with Crippen LogP contribution in [0.5, 0.6) is 5.75 Å². The Kier molecular flexibility index (Phi) is 6.40. The fourth-order valence-corrected chi connectivity index (χ4v) is 5.90. The number of hydrogen-bond donors (Lipinski definition) is 3. The van der Waals surface area contributed by atoms with E-state index < -0.39 is 18.1 Å². The number of nitrogens with one attached hydrogen (secondary N) is 1. The van der Waals surface area contributed by atoms with Crippen molar-refractivity contribution in [3.63, 3.8) is 0 Å². The number of nitrogens with zero attached hydrogens (tertiary/aromatic N) is 4. The standard InChI is InChI=1S/C28H32F2N6O4/c1-14(15-3-4-15)35-13-17-11-16(12-20(40-27(29)30)21(17)26(35)38)19-7-10-36-24(33-19)22(23(31)34-36)25(37)32-18-5-8-28(2,39)9-6-18/h7,10-12,14-15,18,27,39H,3-6,8-9,13H2,1-2H3,(H2,31,34)(H,32,37). The molecule has 2 aromatic heterocycles. The minimum absolute atomic E-state index is 0.00310. The molecule has 0 saturated heterocycles. The highest BCUT2D eigenvalue weighted by Crippen LogP contribution is 2.42. The number of benzene rings is 1. The van der Waals surface area contributed by atoms with Crippen LogP contribution in [0.2, 0.25) is 0 Å². The predicted molar refractivity (Wildman–Crippen MR) is 142 cm³/mol. The van der Waals surface area contributed by atoms with Crippen LogP contribution in [-0.2, 0) is 6.54 Å². The second-order valence-electron chi connectivity index (χ2n) is 11.5. The van der Waals surface area contributed by atoms with E-state index in [4.69, 9.17) is 10.5 Å². The van der Waals surface area contributed by atoms with E-state index in [-0.39, 0.29) is 46.3 Å². The molecule has 6 rings (SSSR count). The highest BCUT2D eigenvalue weighted by Gasteiger charge is 2.40. The molecule has 2 saturated carbocycles. The minimum Gasteiger partial charge on any atom is -0.434 e. The van der Waals surface area contributed by atoms with Crippen LogP contribution in [0.15, 0.2) is 24.4 Å². The molecule has 3 aliphatic rings. The Morgan fingerprint density at radius 1 is 1.25 bits per heavy atom. The Morgan fingerprint density at radius 2 is 1.98 bits per heavy atom. The number of rotatable bonds is 7. The van der Waals surface area contributed by atoms with Gasteiger partial charge in [0.2, 0.25) is 0 Å². The number of hydrogen-bond acceptors (Lipinski definition) is 7. The van der Waals surface area contributed by atoms with Crippen LogP contribution in [-0.4, -0.2) is 60.7 Å². The first-order chi connectivity index (χ1) is 19.0. The van der Waals surface area contributed by atoms with Crippen molar-refractivity contribution in [1.29, 1.82) is 0 Å². The van der Waals surface area contributed by atoms with Gasteiger partial charge in [-0.1, -0.05) is 0 Å². The average molecular weight is 555 g/mol. The molecule has 3 heterocycles. The van der Waals surface area contributed by atoms with Gasteiger partial charge >= 0.3 is 6.61 Å². The van der Waals surface area contributed by atoms with Crippen LogP contribution in [0.4, 0.5) is 14.6 Å². The third-order valence-electron chi connectivity index (χ3n) is 8.44. The van der Waals surface area contributed by atoms with Gasteiger partial charge < -0.3 is 25.8 Å². The predicted octanol–water partition coefficient (Wildman–Crippen LogP) is 3.76. The lowest BCUT2D eigenvalue weighted by molar-refractivity contribution is -0.0501.